The number of halogens is 1. The second kappa shape index (κ2) is 9.61. The molecule has 1 aromatic rings. The van der Waals surface area contributed by atoms with E-state index in [4.69, 9.17) is 9.84 Å². The SMILES string of the molecule is CC(C)CC(=O)Nc1ccc(C(=O)NCCOCC(=O)O)cc1F. The lowest BCUT2D eigenvalue weighted by atomic mass is 10.1. The van der Waals surface area contributed by atoms with Gasteiger partial charge in [-0.05, 0) is 24.1 Å². The molecule has 8 heteroatoms. The number of carboxylic acid groups (broad SMARTS) is 1. The zero-order valence-electron chi connectivity index (χ0n) is 13.6. The summed E-state index contributed by atoms with van der Waals surface area (Å²) >= 11 is 0. The second-order valence-corrected chi connectivity index (χ2v) is 5.54. The highest BCUT2D eigenvalue weighted by Crippen LogP contribution is 2.16. The van der Waals surface area contributed by atoms with Gasteiger partial charge >= 0.3 is 5.97 Å². The number of carbonyl (C=O) groups excluding carboxylic acids is 2. The first kappa shape index (κ1) is 19.6. The number of hydrogen-bond donors (Lipinski definition) is 3. The highest BCUT2D eigenvalue weighted by molar-refractivity contribution is 5.96. The highest BCUT2D eigenvalue weighted by Gasteiger charge is 2.12. The number of ether oxygens (including phenoxy) is 1. The van der Waals surface area contributed by atoms with E-state index in [9.17, 15) is 18.8 Å². The minimum atomic E-state index is -1.10. The standard InChI is InChI=1S/C16H21FN2O5/c1-10(2)7-14(20)19-13-4-3-11(8-12(13)17)16(23)18-5-6-24-9-15(21)22/h3-4,8,10H,5-7,9H2,1-2H3,(H,18,23)(H,19,20)(H,21,22). The van der Waals surface area contributed by atoms with Gasteiger partial charge in [-0.3, -0.25) is 9.59 Å². The summed E-state index contributed by atoms with van der Waals surface area (Å²) in [7, 11) is 0. The number of amides is 2. The first-order chi connectivity index (χ1) is 11.3. The van der Waals surface area contributed by atoms with E-state index in [1.807, 2.05) is 13.8 Å². The van der Waals surface area contributed by atoms with Gasteiger partial charge in [-0.1, -0.05) is 13.8 Å². The molecule has 0 aliphatic heterocycles. The molecule has 0 radical (unpaired) electrons. The van der Waals surface area contributed by atoms with E-state index in [2.05, 4.69) is 10.6 Å². The van der Waals surface area contributed by atoms with E-state index in [1.54, 1.807) is 0 Å². The zero-order valence-corrected chi connectivity index (χ0v) is 13.6. The Kier molecular flexibility index (Phi) is 7.84. The molecular weight excluding hydrogens is 319 g/mol. The minimum absolute atomic E-state index is 0.0157. The van der Waals surface area contributed by atoms with E-state index < -0.39 is 24.3 Å². The maximum atomic E-state index is 14.0. The van der Waals surface area contributed by atoms with Gasteiger partial charge in [0.05, 0.1) is 12.3 Å². The minimum Gasteiger partial charge on any atom is -0.480 e. The van der Waals surface area contributed by atoms with Crippen molar-refractivity contribution in [2.45, 2.75) is 20.3 Å². The normalized spacial score (nSPS) is 10.5. The first-order valence-corrected chi connectivity index (χ1v) is 7.46. The van der Waals surface area contributed by atoms with Gasteiger partial charge < -0.3 is 20.5 Å². The summed E-state index contributed by atoms with van der Waals surface area (Å²) in [6.45, 7) is 3.44. The van der Waals surface area contributed by atoms with Crippen LogP contribution in [0.2, 0.25) is 0 Å². The maximum absolute atomic E-state index is 14.0. The van der Waals surface area contributed by atoms with Crippen LogP contribution in [0.25, 0.3) is 0 Å². The van der Waals surface area contributed by atoms with Crippen molar-refractivity contribution in [1.82, 2.24) is 5.32 Å². The van der Waals surface area contributed by atoms with Gasteiger partial charge in [0.15, 0.2) is 0 Å². The van der Waals surface area contributed by atoms with E-state index >= 15 is 0 Å². The van der Waals surface area contributed by atoms with Crippen molar-refractivity contribution in [1.29, 1.82) is 0 Å². The molecule has 2 amide bonds. The van der Waals surface area contributed by atoms with Crippen molar-refractivity contribution >= 4 is 23.5 Å². The number of rotatable bonds is 9. The van der Waals surface area contributed by atoms with Crippen molar-refractivity contribution in [2.75, 3.05) is 25.1 Å². The summed E-state index contributed by atoms with van der Waals surface area (Å²) in [5.41, 5.74) is 0.106. The zero-order chi connectivity index (χ0) is 18.1. The number of hydrogen-bond acceptors (Lipinski definition) is 4. The number of anilines is 1. The molecule has 0 atom stereocenters. The van der Waals surface area contributed by atoms with Crippen molar-refractivity contribution in [3.05, 3.63) is 29.6 Å². The Morgan fingerprint density at radius 3 is 2.58 bits per heavy atom. The fourth-order valence-corrected chi connectivity index (χ4v) is 1.83. The van der Waals surface area contributed by atoms with Crippen LogP contribution in [-0.4, -0.2) is 42.6 Å². The van der Waals surface area contributed by atoms with E-state index in [-0.39, 0.29) is 42.6 Å². The average molecular weight is 340 g/mol. The van der Waals surface area contributed by atoms with E-state index in [0.717, 1.165) is 6.07 Å². The number of benzene rings is 1. The van der Waals surface area contributed by atoms with Gasteiger partial charge in [-0.2, -0.15) is 0 Å². The maximum Gasteiger partial charge on any atom is 0.329 e. The van der Waals surface area contributed by atoms with Gasteiger partial charge in [0.25, 0.3) is 5.91 Å². The number of carbonyl (C=O) groups is 3. The fraction of sp³-hybridized carbons (Fsp3) is 0.438. The van der Waals surface area contributed by atoms with Gasteiger partial charge in [0.2, 0.25) is 5.91 Å². The molecular formula is C16H21FN2O5. The van der Waals surface area contributed by atoms with Crippen LogP contribution in [0.5, 0.6) is 0 Å². The molecule has 1 rings (SSSR count). The first-order valence-electron chi connectivity index (χ1n) is 7.46. The molecule has 0 aliphatic carbocycles. The molecule has 0 saturated heterocycles. The summed E-state index contributed by atoms with van der Waals surface area (Å²) in [6.07, 6.45) is 0.276. The molecule has 24 heavy (non-hydrogen) atoms. The van der Waals surface area contributed by atoms with Crippen LogP contribution in [0.1, 0.15) is 30.6 Å². The number of aliphatic carboxylic acids is 1. The Morgan fingerprint density at radius 2 is 2.00 bits per heavy atom. The molecule has 132 valence electrons. The number of nitrogens with one attached hydrogen (secondary N) is 2. The smallest absolute Gasteiger partial charge is 0.329 e. The van der Waals surface area contributed by atoms with Crippen LogP contribution in [0.4, 0.5) is 10.1 Å². The molecule has 0 aromatic heterocycles. The lowest BCUT2D eigenvalue weighted by molar-refractivity contribution is -0.142. The monoisotopic (exact) mass is 340 g/mol. The Balaban J connectivity index is 2.52. The molecule has 0 bridgehead atoms. The summed E-state index contributed by atoms with van der Waals surface area (Å²) in [6, 6.07) is 3.74. The molecule has 0 heterocycles. The quantitative estimate of drug-likeness (QED) is 0.593. The van der Waals surface area contributed by atoms with Crippen molar-refractivity contribution < 1.29 is 28.6 Å². The molecule has 3 N–H and O–H groups in total. The lowest BCUT2D eigenvalue weighted by Gasteiger charge is -2.10. The number of carboxylic acids is 1. The molecule has 0 unspecified atom stereocenters. The second-order valence-electron chi connectivity index (χ2n) is 5.54. The molecule has 0 spiro atoms. The predicted molar refractivity (Wildman–Crippen MR) is 85.3 cm³/mol. The average Bonchev–Trinajstić information content (AvgIpc) is 2.47. The van der Waals surface area contributed by atoms with Crippen molar-refractivity contribution in [3.8, 4) is 0 Å². The van der Waals surface area contributed by atoms with Crippen molar-refractivity contribution in [3.63, 3.8) is 0 Å². The highest BCUT2D eigenvalue weighted by atomic mass is 19.1. The van der Waals surface area contributed by atoms with E-state index in [1.165, 1.54) is 12.1 Å². The summed E-state index contributed by atoms with van der Waals surface area (Å²) in [5.74, 6) is -2.47. The molecule has 0 aliphatic rings. The summed E-state index contributed by atoms with van der Waals surface area (Å²) in [5, 5.41) is 13.3. The van der Waals surface area contributed by atoms with Crippen LogP contribution < -0.4 is 10.6 Å². The van der Waals surface area contributed by atoms with Crippen LogP contribution in [-0.2, 0) is 14.3 Å². The predicted octanol–water partition coefficient (Wildman–Crippen LogP) is 1.64. The third kappa shape index (κ3) is 7.19. The van der Waals surface area contributed by atoms with Gasteiger partial charge in [-0.15, -0.1) is 0 Å². The molecule has 0 fully saturated rings. The fourth-order valence-electron chi connectivity index (χ4n) is 1.83. The molecule has 1 aromatic carbocycles. The Labute approximate surface area is 139 Å². The van der Waals surface area contributed by atoms with Gasteiger partial charge in [0, 0.05) is 18.5 Å². The summed E-state index contributed by atoms with van der Waals surface area (Å²) in [4.78, 5) is 33.7. The summed E-state index contributed by atoms with van der Waals surface area (Å²) < 4.78 is 18.7. The topological polar surface area (TPSA) is 105 Å². The van der Waals surface area contributed by atoms with Gasteiger partial charge in [0.1, 0.15) is 12.4 Å². The van der Waals surface area contributed by atoms with Crippen LogP contribution in [0.15, 0.2) is 18.2 Å². The third-order valence-corrected chi connectivity index (χ3v) is 2.86. The molecule has 7 nitrogen and oxygen atoms in total. The van der Waals surface area contributed by atoms with E-state index in [0.29, 0.717) is 0 Å². The largest absolute Gasteiger partial charge is 0.480 e. The Bertz CT molecular complexity index is 604. The molecule has 0 saturated carbocycles. The van der Waals surface area contributed by atoms with Crippen LogP contribution in [0.3, 0.4) is 0 Å². The Hall–Kier alpha value is -2.48. The lowest BCUT2D eigenvalue weighted by Crippen LogP contribution is -2.28. The van der Waals surface area contributed by atoms with Gasteiger partial charge in [-0.25, -0.2) is 9.18 Å². The van der Waals surface area contributed by atoms with Crippen LogP contribution in [0, 0.1) is 11.7 Å². The Morgan fingerprint density at radius 1 is 1.29 bits per heavy atom. The van der Waals surface area contributed by atoms with Crippen LogP contribution >= 0.6 is 0 Å². The third-order valence-electron chi connectivity index (χ3n) is 2.86. The van der Waals surface area contributed by atoms with Crippen molar-refractivity contribution in [2.24, 2.45) is 5.92 Å².